The zero-order valence-electron chi connectivity index (χ0n) is 15.0. The van der Waals surface area contributed by atoms with Crippen molar-refractivity contribution in [3.63, 3.8) is 0 Å². The molecule has 7 nitrogen and oxygen atoms in total. The lowest BCUT2D eigenvalue weighted by molar-refractivity contribution is 0.129. The number of aromatic nitrogens is 3. The van der Waals surface area contributed by atoms with E-state index in [4.69, 9.17) is 4.74 Å². The Labute approximate surface area is 164 Å². The lowest BCUT2D eigenvalue weighted by Gasteiger charge is -2.37. The molecule has 1 aromatic carbocycles. The predicted octanol–water partition coefficient (Wildman–Crippen LogP) is 2.67. The number of carbonyl (C=O) groups excluding carboxylic acids is 1. The van der Waals surface area contributed by atoms with E-state index in [9.17, 15) is 13.6 Å². The zero-order valence-corrected chi connectivity index (χ0v) is 15.8. The molecule has 0 saturated carbocycles. The van der Waals surface area contributed by atoms with Crippen molar-refractivity contribution in [3.8, 4) is 0 Å². The fraction of sp³-hybridized carbons (Fsp3) is 0.500. The molecule has 5 rings (SSSR count). The van der Waals surface area contributed by atoms with Gasteiger partial charge in [-0.15, -0.1) is 5.10 Å². The van der Waals surface area contributed by atoms with Crippen LogP contribution in [0.4, 0.5) is 25.0 Å². The molecule has 3 fully saturated rings. The van der Waals surface area contributed by atoms with Gasteiger partial charge in [0.2, 0.25) is 0 Å². The lowest BCUT2D eigenvalue weighted by atomic mass is 10.2. The van der Waals surface area contributed by atoms with Crippen LogP contribution in [-0.4, -0.2) is 57.3 Å². The Kier molecular flexibility index (Phi) is 4.37. The monoisotopic (exact) mass is 407 g/mol. The highest BCUT2D eigenvalue weighted by molar-refractivity contribution is 7.99. The number of carbonyl (C=O) groups is 1. The second-order valence-corrected chi connectivity index (χ2v) is 8.40. The van der Waals surface area contributed by atoms with Crippen molar-refractivity contribution in [2.75, 3.05) is 27.9 Å². The van der Waals surface area contributed by atoms with E-state index >= 15 is 0 Å². The topological polar surface area (TPSA) is 63.5 Å². The molecule has 148 valence electrons. The molecule has 3 atom stereocenters. The summed E-state index contributed by atoms with van der Waals surface area (Å²) in [7, 11) is 0. The highest BCUT2D eigenvalue weighted by atomic mass is 32.2. The Hall–Kier alpha value is -2.36. The second-order valence-electron chi connectivity index (χ2n) is 7.33. The smallest absolute Gasteiger partial charge is 0.414 e. The number of thioether (sulfide) groups is 1. The van der Waals surface area contributed by atoms with Gasteiger partial charge in [-0.3, -0.25) is 4.90 Å². The minimum absolute atomic E-state index is 0.0308. The number of hydrogen-bond donors (Lipinski definition) is 0. The molecule has 1 aromatic heterocycles. The van der Waals surface area contributed by atoms with Gasteiger partial charge in [-0.05, 0) is 12.8 Å². The lowest BCUT2D eigenvalue weighted by Crippen LogP contribution is -2.43. The fourth-order valence-corrected chi connectivity index (χ4v) is 5.65. The quantitative estimate of drug-likeness (QED) is 0.777. The molecule has 3 saturated heterocycles. The molecule has 0 spiro atoms. The van der Waals surface area contributed by atoms with E-state index in [1.165, 1.54) is 23.2 Å². The summed E-state index contributed by atoms with van der Waals surface area (Å²) >= 11 is 1.84. The number of fused-ring (bicyclic) bond motifs is 2. The number of halogens is 2. The largest absolute Gasteiger partial charge is 0.442 e. The van der Waals surface area contributed by atoms with Gasteiger partial charge in [0.25, 0.3) is 0 Å². The van der Waals surface area contributed by atoms with Crippen molar-refractivity contribution >= 4 is 29.2 Å². The van der Waals surface area contributed by atoms with E-state index in [1.807, 2.05) is 16.7 Å². The van der Waals surface area contributed by atoms with Crippen molar-refractivity contribution in [1.29, 1.82) is 0 Å². The third kappa shape index (κ3) is 2.99. The molecule has 0 N–H and O–H groups in total. The minimum atomic E-state index is -0.633. The molecule has 2 aromatic rings. The molecule has 4 heterocycles. The SMILES string of the molecule is O=C1O[C@@H](Cn2ccnn2)CN1c1cc(F)c(N2C3CCC2CSC3)c(F)c1. The Balaban J connectivity index is 1.38. The average molecular weight is 407 g/mol. The van der Waals surface area contributed by atoms with Crippen molar-refractivity contribution in [2.24, 2.45) is 0 Å². The van der Waals surface area contributed by atoms with Gasteiger partial charge in [0.05, 0.1) is 25.0 Å². The number of rotatable bonds is 4. The maximum absolute atomic E-state index is 15.0. The average Bonchev–Trinajstić information content (AvgIpc) is 3.34. The van der Waals surface area contributed by atoms with Gasteiger partial charge in [0, 0.05) is 41.9 Å². The first-order chi connectivity index (χ1) is 13.6. The first-order valence-electron chi connectivity index (χ1n) is 9.27. The van der Waals surface area contributed by atoms with Crippen LogP contribution in [0.1, 0.15) is 12.8 Å². The molecule has 1 amide bonds. The van der Waals surface area contributed by atoms with Gasteiger partial charge >= 0.3 is 6.09 Å². The van der Waals surface area contributed by atoms with Gasteiger partial charge in [0.15, 0.2) is 11.6 Å². The summed E-state index contributed by atoms with van der Waals surface area (Å²) < 4.78 is 36.8. The van der Waals surface area contributed by atoms with Crippen LogP contribution in [0, 0.1) is 11.6 Å². The summed E-state index contributed by atoms with van der Waals surface area (Å²) in [6, 6.07) is 2.81. The molecule has 3 aliphatic rings. The fourth-order valence-electron chi connectivity index (χ4n) is 4.31. The number of amides is 1. The van der Waals surface area contributed by atoms with E-state index in [0.717, 1.165) is 24.3 Å². The molecule has 0 aliphatic carbocycles. The number of cyclic esters (lactones) is 1. The normalized spacial score (nSPS) is 26.8. The standard InChI is InChI=1S/C18H19F2N5O2S/c19-15-5-13(24-8-14(27-18(24)26)7-23-4-3-21-22-23)6-16(20)17(15)25-11-1-2-12(25)10-28-9-11/h3-6,11-12,14H,1-2,7-10H2/t11?,12?,14-/m0/s1. The third-order valence-corrected chi connectivity index (χ3v) is 6.79. The third-order valence-electron chi connectivity index (χ3n) is 5.55. The van der Waals surface area contributed by atoms with E-state index < -0.39 is 23.8 Å². The van der Waals surface area contributed by atoms with E-state index in [-0.39, 0.29) is 30.0 Å². The highest BCUT2D eigenvalue weighted by Crippen LogP contribution is 2.41. The summed E-state index contributed by atoms with van der Waals surface area (Å²) in [5.74, 6) is 0.511. The number of ether oxygens (including phenoxy) is 1. The Morgan fingerprint density at radius 3 is 2.54 bits per heavy atom. The molecule has 2 bridgehead atoms. The Morgan fingerprint density at radius 1 is 1.18 bits per heavy atom. The molecule has 10 heteroatoms. The molecular weight excluding hydrogens is 388 g/mol. The summed E-state index contributed by atoms with van der Waals surface area (Å²) in [6.07, 6.45) is 4.03. The Bertz CT molecular complexity index is 857. The second kappa shape index (κ2) is 6.91. The van der Waals surface area contributed by atoms with Gasteiger partial charge < -0.3 is 9.64 Å². The van der Waals surface area contributed by atoms with E-state index in [2.05, 4.69) is 10.3 Å². The van der Waals surface area contributed by atoms with Crippen molar-refractivity contribution < 1.29 is 18.3 Å². The molecule has 3 aliphatic heterocycles. The predicted molar refractivity (Wildman–Crippen MR) is 101 cm³/mol. The first kappa shape index (κ1) is 17.7. The maximum Gasteiger partial charge on any atom is 0.414 e. The van der Waals surface area contributed by atoms with Crippen LogP contribution in [0.2, 0.25) is 0 Å². The molecular formula is C18H19F2N5O2S. The molecule has 0 radical (unpaired) electrons. The van der Waals surface area contributed by atoms with Crippen LogP contribution in [0.3, 0.4) is 0 Å². The van der Waals surface area contributed by atoms with Gasteiger partial charge in [-0.25, -0.2) is 18.3 Å². The summed E-state index contributed by atoms with van der Waals surface area (Å²) in [6.45, 7) is 0.530. The first-order valence-corrected chi connectivity index (χ1v) is 10.4. The van der Waals surface area contributed by atoms with Crippen LogP contribution in [-0.2, 0) is 11.3 Å². The summed E-state index contributed by atoms with van der Waals surface area (Å²) in [5, 5.41) is 7.55. The maximum atomic E-state index is 15.0. The van der Waals surface area contributed by atoms with Gasteiger partial charge in [-0.2, -0.15) is 11.8 Å². The molecule has 28 heavy (non-hydrogen) atoms. The van der Waals surface area contributed by atoms with E-state index in [0.29, 0.717) is 6.54 Å². The van der Waals surface area contributed by atoms with Crippen LogP contribution in [0.5, 0.6) is 0 Å². The van der Waals surface area contributed by atoms with Crippen molar-refractivity contribution in [2.45, 2.75) is 37.6 Å². The number of benzene rings is 1. The summed E-state index contributed by atoms with van der Waals surface area (Å²) in [5.41, 5.74) is 0.201. The van der Waals surface area contributed by atoms with Crippen LogP contribution in [0.15, 0.2) is 24.5 Å². The number of anilines is 2. The molecule has 2 unspecified atom stereocenters. The zero-order chi connectivity index (χ0) is 19.3. The van der Waals surface area contributed by atoms with Crippen molar-refractivity contribution in [3.05, 3.63) is 36.2 Å². The van der Waals surface area contributed by atoms with Crippen molar-refractivity contribution in [1.82, 2.24) is 15.0 Å². The van der Waals surface area contributed by atoms with Crippen LogP contribution < -0.4 is 9.80 Å². The number of nitrogens with zero attached hydrogens (tertiary/aromatic N) is 5. The van der Waals surface area contributed by atoms with Crippen LogP contribution >= 0.6 is 11.8 Å². The van der Waals surface area contributed by atoms with Gasteiger partial charge in [-0.1, -0.05) is 5.21 Å². The van der Waals surface area contributed by atoms with Gasteiger partial charge in [0.1, 0.15) is 11.8 Å². The van der Waals surface area contributed by atoms with E-state index in [1.54, 1.807) is 10.9 Å². The summed E-state index contributed by atoms with van der Waals surface area (Å²) in [4.78, 5) is 15.4. The minimum Gasteiger partial charge on any atom is -0.442 e. The van der Waals surface area contributed by atoms with Crippen LogP contribution in [0.25, 0.3) is 0 Å². The number of hydrogen-bond acceptors (Lipinski definition) is 6. The Morgan fingerprint density at radius 2 is 1.89 bits per heavy atom. The highest BCUT2D eigenvalue weighted by Gasteiger charge is 2.40.